The molecule has 1 rings (SSSR count). The number of aliphatic hydroxyl groups excluding tert-OH is 1. The number of hydrogen-bond donors (Lipinski definition) is 2. The van der Waals surface area contributed by atoms with Crippen LogP contribution in [0, 0.1) is 0 Å². The second-order valence-electron chi connectivity index (χ2n) is 6.34. The predicted molar refractivity (Wildman–Crippen MR) is 76.9 cm³/mol. The number of hydrogen-bond acceptors (Lipinski definition) is 4. The van der Waals surface area contributed by atoms with E-state index in [1.165, 1.54) is 0 Å². The Morgan fingerprint density at radius 2 is 1.82 bits per heavy atom. The number of piperidine rings is 1. The summed E-state index contributed by atoms with van der Waals surface area (Å²) in [7, 11) is 2.06. The quantitative estimate of drug-likeness (QED) is 0.750. The fraction of sp³-hybridized carbons (Fsp3) is 1.00. The summed E-state index contributed by atoms with van der Waals surface area (Å²) in [4.78, 5) is 4.72. The number of rotatable bonds is 4. The molecule has 0 bridgehead atoms. The summed E-state index contributed by atoms with van der Waals surface area (Å²) < 4.78 is 0.117. The maximum atomic E-state index is 8.92. The van der Waals surface area contributed by atoms with Gasteiger partial charge in [-0.2, -0.15) is 12.6 Å². The third-order valence-electron chi connectivity index (χ3n) is 3.69. The molecular weight excluding hydrogens is 232 g/mol. The highest BCUT2D eigenvalue weighted by Crippen LogP contribution is 2.32. The molecule has 1 aliphatic rings. The first-order valence-corrected chi connectivity index (χ1v) is 6.98. The summed E-state index contributed by atoms with van der Waals surface area (Å²) in [6.45, 7) is 11.0. The van der Waals surface area contributed by atoms with E-state index in [1.807, 2.05) is 0 Å². The third-order valence-corrected chi connectivity index (χ3v) is 4.28. The first-order valence-electron chi connectivity index (χ1n) is 6.54. The van der Waals surface area contributed by atoms with Gasteiger partial charge < -0.3 is 10.0 Å². The van der Waals surface area contributed by atoms with Gasteiger partial charge in [-0.15, -0.1) is 0 Å². The second-order valence-corrected chi connectivity index (χ2v) is 7.29. The Bertz CT molecular complexity index is 232. The summed E-state index contributed by atoms with van der Waals surface area (Å²) in [5, 5.41) is 8.92. The highest BCUT2D eigenvalue weighted by molar-refractivity contribution is 7.81. The highest BCUT2D eigenvalue weighted by Gasteiger charge is 2.35. The molecule has 17 heavy (non-hydrogen) atoms. The fourth-order valence-corrected chi connectivity index (χ4v) is 2.95. The van der Waals surface area contributed by atoms with E-state index < -0.39 is 0 Å². The summed E-state index contributed by atoms with van der Waals surface area (Å²) in [6, 6.07) is 0. The zero-order valence-electron chi connectivity index (χ0n) is 11.7. The molecule has 1 N–H and O–H groups in total. The van der Waals surface area contributed by atoms with Crippen molar-refractivity contribution in [3.8, 4) is 0 Å². The smallest absolute Gasteiger partial charge is 0.0558 e. The molecular formula is C13H28N2OS. The molecule has 1 aliphatic heterocycles. The van der Waals surface area contributed by atoms with E-state index >= 15 is 0 Å². The van der Waals surface area contributed by atoms with Crippen LogP contribution in [0.4, 0.5) is 0 Å². The molecule has 1 fully saturated rings. The van der Waals surface area contributed by atoms with Crippen LogP contribution in [0.15, 0.2) is 0 Å². The van der Waals surface area contributed by atoms with Crippen LogP contribution in [0.3, 0.4) is 0 Å². The fourth-order valence-electron chi connectivity index (χ4n) is 2.50. The monoisotopic (exact) mass is 260 g/mol. The number of likely N-dealkylation sites (tertiary alicyclic amines) is 1. The number of likely N-dealkylation sites (N-methyl/N-ethyl adjacent to an activating group) is 1. The molecule has 102 valence electrons. The van der Waals surface area contributed by atoms with Gasteiger partial charge in [0.15, 0.2) is 0 Å². The molecule has 1 heterocycles. The van der Waals surface area contributed by atoms with Gasteiger partial charge in [-0.25, -0.2) is 0 Å². The van der Waals surface area contributed by atoms with Gasteiger partial charge >= 0.3 is 0 Å². The second kappa shape index (κ2) is 5.91. The average Bonchev–Trinajstić information content (AvgIpc) is 2.16. The van der Waals surface area contributed by atoms with Crippen LogP contribution in [0.1, 0.15) is 33.6 Å². The maximum Gasteiger partial charge on any atom is 0.0558 e. The molecule has 0 saturated carbocycles. The van der Waals surface area contributed by atoms with Crippen LogP contribution in [-0.2, 0) is 0 Å². The Hall–Kier alpha value is 0.230. The van der Waals surface area contributed by atoms with Crippen LogP contribution < -0.4 is 0 Å². The zero-order chi connectivity index (χ0) is 13.1. The minimum Gasteiger partial charge on any atom is -0.395 e. The zero-order valence-corrected chi connectivity index (χ0v) is 12.6. The van der Waals surface area contributed by atoms with Crippen LogP contribution in [0.2, 0.25) is 0 Å². The molecule has 0 atom stereocenters. The number of nitrogens with zero attached hydrogens (tertiary/aromatic N) is 2. The molecule has 0 aromatic rings. The first kappa shape index (κ1) is 15.3. The maximum absolute atomic E-state index is 8.92. The molecule has 0 amide bonds. The summed E-state index contributed by atoms with van der Waals surface area (Å²) in [6.07, 6.45) is 2.26. The van der Waals surface area contributed by atoms with Crippen LogP contribution in [-0.4, -0.2) is 65.0 Å². The largest absolute Gasteiger partial charge is 0.395 e. The topological polar surface area (TPSA) is 26.7 Å². The minimum absolute atomic E-state index is 0.117. The molecule has 0 aliphatic carbocycles. The van der Waals surface area contributed by atoms with Gasteiger partial charge in [-0.3, -0.25) is 4.90 Å². The van der Waals surface area contributed by atoms with Crippen molar-refractivity contribution in [1.82, 2.24) is 9.80 Å². The van der Waals surface area contributed by atoms with Crippen molar-refractivity contribution in [2.75, 3.05) is 39.8 Å². The minimum atomic E-state index is 0.117. The van der Waals surface area contributed by atoms with Crippen molar-refractivity contribution in [2.24, 2.45) is 0 Å². The van der Waals surface area contributed by atoms with Gasteiger partial charge in [-0.1, -0.05) is 0 Å². The number of thiol groups is 1. The van der Waals surface area contributed by atoms with Crippen molar-refractivity contribution in [2.45, 2.75) is 43.9 Å². The van der Waals surface area contributed by atoms with Crippen molar-refractivity contribution in [3.05, 3.63) is 0 Å². The normalized spacial score (nSPS) is 22.1. The lowest BCUT2D eigenvalue weighted by Crippen LogP contribution is -2.52. The van der Waals surface area contributed by atoms with Crippen molar-refractivity contribution in [1.29, 1.82) is 0 Å². The van der Waals surface area contributed by atoms with E-state index in [0.29, 0.717) is 0 Å². The summed E-state index contributed by atoms with van der Waals surface area (Å²) in [5.74, 6) is 0. The van der Waals surface area contributed by atoms with Crippen molar-refractivity contribution < 1.29 is 5.11 Å². The lowest BCUT2D eigenvalue weighted by Gasteiger charge is -2.45. The molecule has 4 heteroatoms. The lowest BCUT2D eigenvalue weighted by atomic mass is 9.91. The van der Waals surface area contributed by atoms with Gasteiger partial charge in [0.05, 0.1) is 6.61 Å². The Morgan fingerprint density at radius 1 is 1.29 bits per heavy atom. The van der Waals surface area contributed by atoms with E-state index in [-0.39, 0.29) is 16.9 Å². The average molecular weight is 260 g/mol. The van der Waals surface area contributed by atoms with Gasteiger partial charge in [0.2, 0.25) is 0 Å². The van der Waals surface area contributed by atoms with Gasteiger partial charge in [0.25, 0.3) is 0 Å². The van der Waals surface area contributed by atoms with E-state index in [9.17, 15) is 0 Å². The lowest BCUT2D eigenvalue weighted by molar-refractivity contribution is 0.0865. The Morgan fingerprint density at radius 3 is 2.24 bits per heavy atom. The number of aliphatic hydroxyl groups is 1. The Balaban J connectivity index is 2.44. The first-order chi connectivity index (χ1) is 7.77. The Kier molecular flexibility index (Phi) is 5.32. The van der Waals surface area contributed by atoms with Crippen LogP contribution >= 0.6 is 12.6 Å². The van der Waals surface area contributed by atoms with E-state index in [1.54, 1.807) is 0 Å². The summed E-state index contributed by atoms with van der Waals surface area (Å²) >= 11 is 4.87. The van der Waals surface area contributed by atoms with Gasteiger partial charge in [-0.05, 0) is 40.7 Å². The highest BCUT2D eigenvalue weighted by atomic mass is 32.1. The molecule has 3 nitrogen and oxygen atoms in total. The molecule has 0 spiro atoms. The summed E-state index contributed by atoms with van der Waals surface area (Å²) in [5.41, 5.74) is 0.270. The van der Waals surface area contributed by atoms with Crippen LogP contribution in [0.25, 0.3) is 0 Å². The van der Waals surface area contributed by atoms with E-state index in [4.69, 9.17) is 17.7 Å². The van der Waals surface area contributed by atoms with Gasteiger partial charge in [0, 0.05) is 36.5 Å². The van der Waals surface area contributed by atoms with Crippen LogP contribution in [0.5, 0.6) is 0 Å². The molecule has 0 aromatic heterocycles. The predicted octanol–water partition coefficient (Wildman–Crippen LogP) is 1.47. The van der Waals surface area contributed by atoms with Crippen molar-refractivity contribution in [3.63, 3.8) is 0 Å². The molecule has 0 radical (unpaired) electrons. The third kappa shape index (κ3) is 4.78. The molecule has 0 unspecified atom stereocenters. The molecule has 1 saturated heterocycles. The van der Waals surface area contributed by atoms with Crippen molar-refractivity contribution >= 4 is 12.6 Å². The van der Waals surface area contributed by atoms with Gasteiger partial charge in [0.1, 0.15) is 0 Å². The standard InChI is InChI=1S/C13H28N2OS/c1-12(2,3)15-7-5-13(17,6-8-15)11-14(4)9-10-16/h16-17H,5-11H2,1-4H3. The van der Waals surface area contributed by atoms with E-state index in [0.717, 1.165) is 39.0 Å². The van der Waals surface area contributed by atoms with E-state index in [2.05, 4.69) is 37.6 Å². The Labute approximate surface area is 112 Å². The SMILES string of the molecule is CN(CCO)CC1(S)CCN(C(C)(C)C)CC1. The molecule has 0 aromatic carbocycles.